The van der Waals surface area contributed by atoms with Crippen molar-refractivity contribution in [3.05, 3.63) is 29.6 Å². The molecule has 0 bridgehead atoms. The van der Waals surface area contributed by atoms with E-state index in [4.69, 9.17) is 14.6 Å². The molecule has 25 heavy (non-hydrogen) atoms. The largest absolute Gasteiger partial charge is 0.465 e. The van der Waals surface area contributed by atoms with E-state index in [1.54, 1.807) is 0 Å². The Morgan fingerprint density at radius 1 is 1.36 bits per heavy atom. The maximum absolute atomic E-state index is 13.1. The van der Waals surface area contributed by atoms with Crippen LogP contribution in [0.5, 0.6) is 0 Å². The number of halogens is 3. The molecule has 10 heteroatoms. The van der Waals surface area contributed by atoms with Gasteiger partial charge in [0.2, 0.25) is 6.29 Å². The number of aromatic nitrogens is 1. The van der Waals surface area contributed by atoms with Gasteiger partial charge in [0.05, 0.1) is 19.1 Å². The number of alkyl halides is 3. The highest BCUT2D eigenvalue weighted by atomic mass is 19.4. The number of nitrogens with one attached hydrogen (secondary N) is 1. The summed E-state index contributed by atoms with van der Waals surface area (Å²) in [7, 11) is 0. The predicted molar refractivity (Wildman–Crippen MR) is 78.0 cm³/mol. The van der Waals surface area contributed by atoms with Crippen LogP contribution in [0.25, 0.3) is 0 Å². The van der Waals surface area contributed by atoms with Crippen LogP contribution in [0.1, 0.15) is 35.2 Å². The number of carboxylic acid groups (broad SMARTS) is 1. The Hall–Kier alpha value is -2.20. The molecular formula is C15H17F3N2O5. The molecule has 0 aliphatic carbocycles. The summed E-state index contributed by atoms with van der Waals surface area (Å²) in [4.78, 5) is 26.8. The predicted octanol–water partition coefficient (Wildman–Crippen LogP) is 2.54. The molecule has 7 nitrogen and oxygen atoms in total. The van der Waals surface area contributed by atoms with Gasteiger partial charge in [-0.3, -0.25) is 9.78 Å². The van der Waals surface area contributed by atoms with E-state index in [0.717, 1.165) is 0 Å². The Balaban J connectivity index is 2.11. The summed E-state index contributed by atoms with van der Waals surface area (Å²) in [5.74, 6) is -2.72. The fraction of sp³-hybridized carbons (Fsp3) is 0.533. The third kappa shape index (κ3) is 5.40. The zero-order valence-corrected chi connectivity index (χ0v) is 13.1. The maximum Gasteiger partial charge on any atom is 0.404 e. The van der Waals surface area contributed by atoms with Crippen molar-refractivity contribution in [1.29, 1.82) is 0 Å². The Morgan fingerprint density at radius 2 is 2.04 bits per heavy atom. The third-order valence-electron chi connectivity index (χ3n) is 3.65. The zero-order chi connectivity index (χ0) is 18.4. The molecule has 138 valence electrons. The normalized spacial score (nSPS) is 16.6. The molecule has 1 aliphatic heterocycles. The smallest absolute Gasteiger partial charge is 0.404 e. The van der Waals surface area contributed by atoms with Crippen LogP contribution in [0, 0.1) is 5.92 Å². The first kappa shape index (κ1) is 19.1. The molecule has 1 fully saturated rings. The Labute approximate surface area is 141 Å². The monoisotopic (exact) mass is 362 g/mol. The minimum absolute atomic E-state index is 0.00911. The number of ketones is 1. The third-order valence-corrected chi connectivity index (χ3v) is 3.65. The number of rotatable bonds is 7. The summed E-state index contributed by atoms with van der Waals surface area (Å²) in [5.41, 5.74) is 0.157. The lowest BCUT2D eigenvalue weighted by molar-refractivity contribution is -0.175. The van der Waals surface area contributed by atoms with Crippen molar-refractivity contribution >= 4 is 11.9 Å². The van der Waals surface area contributed by atoms with E-state index in [1.807, 2.05) is 5.32 Å². The molecule has 0 saturated carbocycles. The van der Waals surface area contributed by atoms with E-state index >= 15 is 0 Å². The summed E-state index contributed by atoms with van der Waals surface area (Å²) in [6.07, 6.45) is -6.87. The average molecular weight is 362 g/mol. The van der Waals surface area contributed by atoms with Crippen LogP contribution in [0.4, 0.5) is 18.0 Å². The first-order chi connectivity index (χ1) is 11.8. The van der Waals surface area contributed by atoms with Crippen molar-refractivity contribution in [3.63, 3.8) is 0 Å². The molecular weight excluding hydrogens is 345 g/mol. The van der Waals surface area contributed by atoms with Crippen molar-refractivity contribution < 1.29 is 37.3 Å². The van der Waals surface area contributed by atoms with Crippen molar-refractivity contribution in [2.45, 2.75) is 25.3 Å². The van der Waals surface area contributed by atoms with Gasteiger partial charge >= 0.3 is 12.3 Å². The Morgan fingerprint density at radius 3 is 2.64 bits per heavy atom. The number of ether oxygens (including phenoxy) is 2. The average Bonchev–Trinajstić information content (AvgIpc) is 3.07. The molecule has 1 unspecified atom stereocenters. The van der Waals surface area contributed by atoms with Crippen LogP contribution < -0.4 is 5.32 Å². The maximum atomic E-state index is 13.1. The second-order valence-electron chi connectivity index (χ2n) is 5.40. The van der Waals surface area contributed by atoms with E-state index in [1.165, 1.54) is 18.3 Å². The fourth-order valence-corrected chi connectivity index (χ4v) is 2.43. The highest BCUT2D eigenvalue weighted by Crippen LogP contribution is 2.33. The van der Waals surface area contributed by atoms with E-state index in [0.29, 0.717) is 13.2 Å². The van der Waals surface area contributed by atoms with Crippen molar-refractivity contribution in [2.24, 2.45) is 5.92 Å². The molecule has 0 aromatic carbocycles. The van der Waals surface area contributed by atoms with Gasteiger partial charge in [-0.05, 0) is 18.6 Å². The molecule has 2 rings (SSSR count). The lowest BCUT2D eigenvalue weighted by Gasteiger charge is -2.20. The van der Waals surface area contributed by atoms with Crippen LogP contribution in [0.3, 0.4) is 0 Å². The van der Waals surface area contributed by atoms with E-state index < -0.39 is 49.6 Å². The van der Waals surface area contributed by atoms with Gasteiger partial charge in [-0.2, -0.15) is 13.2 Å². The van der Waals surface area contributed by atoms with E-state index in [9.17, 15) is 22.8 Å². The molecule has 1 saturated heterocycles. The van der Waals surface area contributed by atoms with Crippen LogP contribution in [0.15, 0.2) is 18.3 Å². The molecule has 0 radical (unpaired) electrons. The molecule has 1 aliphatic rings. The number of nitrogens with zero attached hydrogens (tertiary/aromatic N) is 1. The molecule has 1 atom stereocenters. The van der Waals surface area contributed by atoms with Gasteiger partial charge in [0.1, 0.15) is 5.69 Å². The molecule has 0 spiro atoms. The van der Waals surface area contributed by atoms with Gasteiger partial charge in [-0.15, -0.1) is 0 Å². The number of carbonyl (C=O) groups excluding carboxylic acids is 1. The summed E-state index contributed by atoms with van der Waals surface area (Å²) >= 11 is 0. The van der Waals surface area contributed by atoms with Crippen LogP contribution in [0.2, 0.25) is 0 Å². The molecule has 2 N–H and O–H groups in total. The lowest BCUT2D eigenvalue weighted by atomic mass is 9.94. The molecule has 2 heterocycles. The van der Waals surface area contributed by atoms with Crippen LogP contribution in [-0.2, 0) is 9.47 Å². The highest BCUT2D eigenvalue weighted by molar-refractivity contribution is 5.97. The zero-order valence-electron chi connectivity index (χ0n) is 13.1. The fourth-order valence-electron chi connectivity index (χ4n) is 2.43. The second kappa shape index (κ2) is 8.26. The number of Topliss-reactive ketones (excluding diaryl/α,β-unsaturated/α-hetero) is 1. The van der Waals surface area contributed by atoms with E-state index in [2.05, 4.69) is 4.98 Å². The van der Waals surface area contributed by atoms with Gasteiger partial charge in [0.25, 0.3) is 0 Å². The summed E-state index contributed by atoms with van der Waals surface area (Å²) in [6.45, 7) is 0.212. The van der Waals surface area contributed by atoms with Gasteiger partial charge in [-0.1, -0.05) is 0 Å². The number of hydrogen-bond donors (Lipinski definition) is 2. The first-order valence-electron chi connectivity index (χ1n) is 7.54. The molecule has 1 amide bonds. The first-order valence-corrected chi connectivity index (χ1v) is 7.54. The quantitative estimate of drug-likeness (QED) is 0.724. The number of carbonyl (C=O) groups is 2. The summed E-state index contributed by atoms with van der Waals surface area (Å²) in [5, 5.41) is 10.3. The highest BCUT2D eigenvalue weighted by Gasteiger charge is 2.41. The molecule has 1 aromatic heterocycles. The van der Waals surface area contributed by atoms with Gasteiger partial charge in [0.15, 0.2) is 5.78 Å². The molecule has 1 aromatic rings. The second-order valence-corrected chi connectivity index (χ2v) is 5.40. The van der Waals surface area contributed by atoms with E-state index in [-0.39, 0.29) is 11.3 Å². The topological polar surface area (TPSA) is 97.8 Å². The van der Waals surface area contributed by atoms with Crippen molar-refractivity contribution in [3.8, 4) is 0 Å². The van der Waals surface area contributed by atoms with Crippen LogP contribution >= 0.6 is 0 Å². The Kier molecular flexibility index (Phi) is 6.32. The SMILES string of the molecule is O=C(O)NCCC(CC(=O)c1cccnc1C1OCCO1)C(F)(F)F. The summed E-state index contributed by atoms with van der Waals surface area (Å²) in [6, 6.07) is 2.82. The van der Waals surface area contributed by atoms with Crippen molar-refractivity contribution in [2.75, 3.05) is 19.8 Å². The summed E-state index contributed by atoms with van der Waals surface area (Å²) < 4.78 is 49.9. The Bertz CT molecular complexity index is 617. The minimum atomic E-state index is -4.63. The lowest BCUT2D eigenvalue weighted by Crippen LogP contribution is -2.31. The van der Waals surface area contributed by atoms with Gasteiger partial charge < -0.3 is 19.9 Å². The number of amides is 1. The number of hydrogen-bond acceptors (Lipinski definition) is 5. The van der Waals surface area contributed by atoms with Gasteiger partial charge in [-0.25, -0.2) is 4.79 Å². The van der Waals surface area contributed by atoms with Gasteiger partial charge in [0, 0.05) is 24.7 Å². The van der Waals surface area contributed by atoms with Crippen molar-refractivity contribution in [1.82, 2.24) is 10.3 Å². The minimum Gasteiger partial charge on any atom is -0.465 e. The number of pyridine rings is 1. The van der Waals surface area contributed by atoms with Crippen LogP contribution in [-0.4, -0.2) is 47.9 Å². The standard InChI is InChI=1S/C15H17F3N2O5/c16-15(17,18)9(3-5-20-14(22)23)8-11(21)10-2-1-4-19-12(10)13-24-6-7-25-13/h1-2,4,9,13,20H,3,5-8H2,(H,22,23).